The molecule has 100 valence electrons. The van der Waals surface area contributed by atoms with Crippen molar-refractivity contribution < 1.29 is 0 Å². The Balaban J connectivity index is 2.07. The van der Waals surface area contributed by atoms with Crippen molar-refractivity contribution in [3.8, 4) is 0 Å². The van der Waals surface area contributed by atoms with Gasteiger partial charge in [0.2, 0.25) is 0 Å². The Hall–Kier alpha value is -0.0800. The number of nitrogens with one attached hydrogen (secondary N) is 1. The van der Waals surface area contributed by atoms with Crippen LogP contribution >= 0.6 is 0 Å². The van der Waals surface area contributed by atoms with E-state index in [0.717, 1.165) is 6.04 Å². The minimum absolute atomic E-state index is 0.514. The summed E-state index contributed by atoms with van der Waals surface area (Å²) < 4.78 is 0. The average Bonchev–Trinajstić information content (AvgIpc) is 3.01. The van der Waals surface area contributed by atoms with Crippen molar-refractivity contribution in [1.82, 2.24) is 10.2 Å². The molecule has 2 aliphatic rings. The molecule has 1 saturated heterocycles. The first-order valence-electron chi connectivity index (χ1n) is 7.82. The SMILES string of the molecule is CCCNC(CC)C1(N2CCCC2)CCCC1. The highest BCUT2D eigenvalue weighted by Crippen LogP contribution is 2.40. The topological polar surface area (TPSA) is 15.3 Å². The van der Waals surface area contributed by atoms with E-state index >= 15 is 0 Å². The van der Waals surface area contributed by atoms with Gasteiger partial charge in [-0.05, 0) is 58.2 Å². The molecule has 2 rings (SSSR count). The summed E-state index contributed by atoms with van der Waals surface area (Å²) in [6.45, 7) is 8.53. The summed E-state index contributed by atoms with van der Waals surface area (Å²) in [7, 11) is 0. The van der Waals surface area contributed by atoms with E-state index in [2.05, 4.69) is 24.1 Å². The van der Waals surface area contributed by atoms with Crippen molar-refractivity contribution in [3.63, 3.8) is 0 Å². The molecule has 0 spiro atoms. The average molecular weight is 238 g/mol. The van der Waals surface area contributed by atoms with Crippen LogP contribution in [0.15, 0.2) is 0 Å². The summed E-state index contributed by atoms with van der Waals surface area (Å²) in [6.07, 6.45) is 11.1. The lowest BCUT2D eigenvalue weighted by molar-refractivity contribution is 0.0749. The number of hydrogen-bond donors (Lipinski definition) is 1. The molecule has 1 saturated carbocycles. The van der Waals surface area contributed by atoms with Gasteiger partial charge in [0.25, 0.3) is 0 Å². The van der Waals surface area contributed by atoms with Crippen LogP contribution in [0.3, 0.4) is 0 Å². The quantitative estimate of drug-likeness (QED) is 0.764. The van der Waals surface area contributed by atoms with E-state index in [0.29, 0.717) is 5.54 Å². The zero-order chi connectivity index (χ0) is 12.1. The van der Waals surface area contributed by atoms with E-state index in [1.54, 1.807) is 0 Å². The minimum Gasteiger partial charge on any atom is -0.312 e. The number of nitrogens with zero attached hydrogens (tertiary/aromatic N) is 1. The Kier molecular flexibility index (Phi) is 4.87. The molecule has 2 fully saturated rings. The maximum Gasteiger partial charge on any atom is 0.0362 e. The van der Waals surface area contributed by atoms with Gasteiger partial charge in [-0.1, -0.05) is 26.7 Å². The standard InChI is InChI=1S/C15H30N2/c1-3-11-16-14(4-2)15(9-5-6-10-15)17-12-7-8-13-17/h14,16H,3-13H2,1-2H3. The molecule has 0 aromatic carbocycles. The Morgan fingerprint density at radius 1 is 1.06 bits per heavy atom. The highest BCUT2D eigenvalue weighted by molar-refractivity contribution is 5.04. The van der Waals surface area contributed by atoms with Gasteiger partial charge in [-0.2, -0.15) is 0 Å². The van der Waals surface area contributed by atoms with Crippen molar-refractivity contribution in [2.24, 2.45) is 0 Å². The van der Waals surface area contributed by atoms with E-state index in [9.17, 15) is 0 Å². The van der Waals surface area contributed by atoms with E-state index in [4.69, 9.17) is 0 Å². The maximum absolute atomic E-state index is 3.84. The Labute approximate surface area is 107 Å². The Bertz CT molecular complexity index is 215. The summed E-state index contributed by atoms with van der Waals surface area (Å²) in [5.41, 5.74) is 0.514. The zero-order valence-corrected chi connectivity index (χ0v) is 11.8. The predicted molar refractivity (Wildman–Crippen MR) is 74.4 cm³/mol. The molecular formula is C15H30N2. The van der Waals surface area contributed by atoms with Crippen LogP contribution in [0.4, 0.5) is 0 Å². The number of rotatable bonds is 6. The van der Waals surface area contributed by atoms with E-state index in [-0.39, 0.29) is 0 Å². The molecule has 0 bridgehead atoms. The largest absolute Gasteiger partial charge is 0.312 e. The molecule has 1 aliphatic carbocycles. The highest BCUT2D eigenvalue weighted by atomic mass is 15.2. The van der Waals surface area contributed by atoms with E-state index < -0.39 is 0 Å². The molecule has 2 nitrogen and oxygen atoms in total. The summed E-state index contributed by atoms with van der Waals surface area (Å²) >= 11 is 0. The lowest BCUT2D eigenvalue weighted by Crippen LogP contribution is -2.59. The van der Waals surface area contributed by atoms with Crippen LogP contribution in [-0.4, -0.2) is 36.1 Å². The van der Waals surface area contributed by atoms with Crippen LogP contribution in [0.25, 0.3) is 0 Å². The van der Waals surface area contributed by atoms with Crippen LogP contribution in [0.5, 0.6) is 0 Å². The number of likely N-dealkylation sites (tertiary alicyclic amines) is 1. The van der Waals surface area contributed by atoms with Crippen LogP contribution in [0.1, 0.15) is 65.2 Å². The molecule has 1 atom stereocenters. The highest BCUT2D eigenvalue weighted by Gasteiger charge is 2.45. The second-order valence-electron chi connectivity index (χ2n) is 5.92. The van der Waals surface area contributed by atoms with Crippen LogP contribution in [0.2, 0.25) is 0 Å². The molecule has 2 heteroatoms. The molecule has 1 heterocycles. The summed E-state index contributed by atoms with van der Waals surface area (Å²) in [6, 6.07) is 0.725. The monoisotopic (exact) mass is 238 g/mol. The zero-order valence-electron chi connectivity index (χ0n) is 11.8. The van der Waals surface area contributed by atoms with Crippen molar-refractivity contribution in [1.29, 1.82) is 0 Å². The fraction of sp³-hybridized carbons (Fsp3) is 1.00. The third-order valence-electron chi connectivity index (χ3n) is 4.90. The van der Waals surface area contributed by atoms with Crippen molar-refractivity contribution in [2.75, 3.05) is 19.6 Å². The third-order valence-corrected chi connectivity index (χ3v) is 4.90. The number of hydrogen-bond acceptors (Lipinski definition) is 2. The normalized spacial score (nSPS) is 26.5. The van der Waals surface area contributed by atoms with Gasteiger partial charge in [0.15, 0.2) is 0 Å². The minimum atomic E-state index is 0.514. The first-order chi connectivity index (χ1) is 8.33. The van der Waals surface area contributed by atoms with Crippen molar-refractivity contribution >= 4 is 0 Å². The van der Waals surface area contributed by atoms with Gasteiger partial charge in [0.05, 0.1) is 0 Å². The van der Waals surface area contributed by atoms with Crippen molar-refractivity contribution in [2.45, 2.75) is 76.8 Å². The summed E-state index contributed by atoms with van der Waals surface area (Å²) in [4.78, 5) is 2.83. The molecule has 1 N–H and O–H groups in total. The molecule has 17 heavy (non-hydrogen) atoms. The van der Waals surface area contributed by atoms with E-state index in [1.165, 1.54) is 71.0 Å². The Morgan fingerprint density at radius 2 is 1.71 bits per heavy atom. The fourth-order valence-electron chi connectivity index (χ4n) is 4.07. The first-order valence-corrected chi connectivity index (χ1v) is 7.82. The molecule has 0 aromatic heterocycles. The molecule has 0 radical (unpaired) electrons. The fourth-order valence-corrected chi connectivity index (χ4v) is 4.07. The second kappa shape index (κ2) is 6.19. The van der Waals surface area contributed by atoms with Gasteiger partial charge < -0.3 is 5.32 Å². The molecule has 0 amide bonds. The Morgan fingerprint density at radius 3 is 2.24 bits per heavy atom. The molecular weight excluding hydrogens is 208 g/mol. The molecule has 1 aliphatic heterocycles. The van der Waals surface area contributed by atoms with Crippen molar-refractivity contribution in [3.05, 3.63) is 0 Å². The van der Waals surface area contributed by atoms with Gasteiger partial charge in [-0.25, -0.2) is 0 Å². The smallest absolute Gasteiger partial charge is 0.0362 e. The lowest BCUT2D eigenvalue weighted by Gasteiger charge is -2.45. The van der Waals surface area contributed by atoms with Gasteiger partial charge in [-0.15, -0.1) is 0 Å². The predicted octanol–water partition coefficient (Wildman–Crippen LogP) is 3.17. The van der Waals surface area contributed by atoms with Crippen LogP contribution < -0.4 is 5.32 Å². The molecule has 0 aromatic rings. The maximum atomic E-state index is 3.84. The third kappa shape index (κ3) is 2.68. The van der Waals surface area contributed by atoms with E-state index in [1.807, 2.05) is 0 Å². The van der Waals surface area contributed by atoms with Gasteiger partial charge in [-0.3, -0.25) is 4.90 Å². The van der Waals surface area contributed by atoms with Gasteiger partial charge in [0.1, 0.15) is 0 Å². The van der Waals surface area contributed by atoms with Gasteiger partial charge >= 0.3 is 0 Å². The lowest BCUT2D eigenvalue weighted by atomic mass is 9.84. The van der Waals surface area contributed by atoms with Crippen LogP contribution in [-0.2, 0) is 0 Å². The summed E-state index contributed by atoms with van der Waals surface area (Å²) in [5, 5.41) is 3.84. The van der Waals surface area contributed by atoms with Gasteiger partial charge in [0, 0.05) is 11.6 Å². The summed E-state index contributed by atoms with van der Waals surface area (Å²) in [5.74, 6) is 0. The first kappa shape index (κ1) is 13.4. The molecule has 1 unspecified atom stereocenters. The second-order valence-corrected chi connectivity index (χ2v) is 5.92. The van der Waals surface area contributed by atoms with Crippen LogP contribution in [0, 0.1) is 0 Å².